The molecule has 2 unspecified atom stereocenters. The molecule has 6 heteroatoms. The number of morpholine rings is 1. The molecule has 0 aromatic heterocycles. The highest BCUT2D eigenvalue weighted by Crippen LogP contribution is 2.15. The minimum Gasteiger partial charge on any atom is -0.372 e. The van der Waals surface area contributed by atoms with E-state index in [0.717, 1.165) is 17.1 Å². The molecular weight excluding hydrogens is 316 g/mol. The van der Waals surface area contributed by atoms with Gasteiger partial charge < -0.3 is 19.4 Å². The lowest BCUT2D eigenvalue weighted by molar-refractivity contribution is -0.0586. The maximum Gasteiger partial charge on any atom is 0.254 e. The number of carbonyl (C=O) groups is 1. The lowest BCUT2D eigenvalue weighted by atomic mass is 10.1. The van der Waals surface area contributed by atoms with Gasteiger partial charge in [-0.15, -0.1) is 0 Å². The number of ether oxygens (including phenoxy) is 1. The van der Waals surface area contributed by atoms with Crippen molar-refractivity contribution in [2.24, 2.45) is 4.99 Å². The minimum absolute atomic E-state index is 0.0688. The Morgan fingerprint density at radius 3 is 2.08 bits per heavy atom. The van der Waals surface area contributed by atoms with Crippen molar-refractivity contribution in [3.63, 3.8) is 0 Å². The lowest BCUT2D eigenvalue weighted by Gasteiger charge is -2.35. The molecule has 0 aliphatic carbocycles. The molecule has 1 amide bonds. The molecule has 1 aliphatic heterocycles. The van der Waals surface area contributed by atoms with Crippen LogP contribution < -0.4 is 0 Å². The number of hydrogen-bond donors (Lipinski definition) is 0. The van der Waals surface area contributed by atoms with Crippen LogP contribution in [0.3, 0.4) is 0 Å². The summed E-state index contributed by atoms with van der Waals surface area (Å²) in [5.41, 5.74) is 1.80. The summed E-state index contributed by atoms with van der Waals surface area (Å²) in [5.74, 6) is 0.982. The molecular formula is C19H30N4O2. The summed E-state index contributed by atoms with van der Waals surface area (Å²) in [6, 6.07) is 7.74. The Morgan fingerprint density at radius 1 is 1.08 bits per heavy atom. The van der Waals surface area contributed by atoms with Gasteiger partial charge in [-0.2, -0.15) is 0 Å². The largest absolute Gasteiger partial charge is 0.372 e. The Bertz CT molecular complexity index is 590. The quantitative estimate of drug-likeness (QED) is 0.620. The van der Waals surface area contributed by atoms with Gasteiger partial charge in [-0.25, -0.2) is 4.99 Å². The van der Waals surface area contributed by atoms with Gasteiger partial charge in [0.05, 0.1) is 18.8 Å². The second kappa shape index (κ2) is 8.34. The van der Waals surface area contributed by atoms with Gasteiger partial charge in [0.15, 0.2) is 5.96 Å². The smallest absolute Gasteiger partial charge is 0.254 e. The average molecular weight is 346 g/mol. The normalized spacial score (nSPS) is 20.2. The van der Waals surface area contributed by atoms with E-state index in [1.165, 1.54) is 0 Å². The first kappa shape index (κ1) is 19.2. The summed E-state index contributed by atoms with van der Waals surface area (Å²) in [6.45, 7) is 5.88. The molecule has 0 bridgehead atoms. The summed E-state index contributed by atoms with van der Waals surface area (Å²) in [6.07, 6.45) is 0.161. The van der Waals surface area contributed by atoms with Gasteiger partial charge in [-0.1, -0.05) is 12.1 Å². The van der Waals surface area contributed by atoms with Gasteiger partial charge in [-0.3, -0.25) is 4.79 Å². The first-order valence-electron chi connectivity index (χ1n) is 8.70. The highest BCUT2D eigenvalue weighted by atomic mass is 16.5. The SMILES string of the molecule is CC1CN(C(=O)c2ccc(CN=C(N(C)C)N(C)C)cc2)CC(C)O1. The van der Waals surface area contributed by atoms with Gasteiger partial charge in [0.2, 0.25) is 0 Å². The molecule has 6 nitrogen and oxygen atoms in total. The van der Waals surface area contributed by atoms with Crippen molar-refractivity contribution in [1.29, 1.82) is 0 Å². The third-order valence-corrected chi connectivity index (χ3v) is 4.11. The lowest BCUT2D eigenvalue weighted by Crippen LogP contribution is -2.48. The van der Waals surface area contributed by atoms with Gasteiger partial charge >= 0.3 is 0 Å². The maximum atomic E-state index is 12.7. The van der Waals surface area contributed by atoms with Crippen LogP contribution >= 0.6 is 0 Å². The number of amides is 1. The molecule has 0 spiro atoms. The van der Waals surface area contributed by atoms with Crippen molar-refractivity contribution >= 4 is 11.9 Å². The Hall–Kier alpha value is -2.08. The number of benzene rings is 1. The molecule has 1 fully saturated rings. The summed E-state index contributed by atoms with van der Waals surface area (Å²) in [4.78, 5) is 23.2. The van der Waals surface area contributed by atoms with Gasteiger partial charge in [0, 0.05) is 46.8 Å². The van der Waals surface area contributed by atoms with Crippen LogP contribution in [0.25, 0.3) is 0 Å². The van der Waals surface area contributed by atoms with Crippen molar-refractivity contribution < 1.29 is 9.53 Å². The molecule has 2 rings (SSSR count). The fourth-order valence-electron chi connectivity index (χ4n) is 3.12. The van der Waals surface area contributed by atoms with E-state index in [1.54, 1.807) is 0 Å². The molecule has 1 heterocycles. The molecule has 138 valence electrons. The second-order valence-corrected chi connectivity index (χ2v) is 7.07. The molecule has 2 atom stereocenters. The Balaban J connectivity index is 2.04. The third kappa shape index (κ3) is 5.19. The number of hydrogen-bond acceptors (Lipinski definition) is 3. The van der Waals surface area contributed by atoms with Crippen molar-refractivity contribution in [3.8, 4) is 0 Å². The summed E-state index contributed by atoms with van der Waals surface area (Å²) < 4.78 is 5.70. The van der Waals surface area contributed by atoms with Gasteiger partial charge in [0.25, 0.3) is 5.91 Å². The van der Waals surface area contributed by atoms with Crippen LogP contribution in [0.5, 0.6) is 0 Å². The monoisotopic (exact) mass is 346 g/mol. The first-order chi connectivity index (χ1) is 11.8. The van der Waals surface area contributed by atoms with Crippen LogP contribution in [0.15, 0.2) is 29.3 Å². The average Bonchev–Trinajstić information content (AvgIpc) is 2.53. The van der Waals surface area contributed by atoms with E-state index in [-0.39, 0.29) is 18.1 Å². The number of carbonyl (C=O) groups excluding carboxylic acids is 1. The van der Waals surface area contributed by atoms with Crippen molar-refractivity contribution in [2.45, 2.75) is 32.6 Å². The molecule has 0 saturated carbocycles. The maximum absolute atomic E-state index is 12.7. The minimum atomic E-state index is 0.0688. The van der Waals surface area contributed by atoms with Gasteiger partial charge in [0.1, 0.15) is 0 Å². The Morgan fingerprint density at radius 2 is 1.60 bits per heavy atom. The highest BCUT2D eigenvalue weighted by Gasteiger charge is 2.26. The second-order valence-electron chi connectivity index (χ2n) is 7.07. The van der Waals surface area contributed by atoms with Crippen LogP contribution in [0, 0.1) is 0 Å². The molecule has 0 radical (unpaired) electrons. The van der Waals surface area contributed by atoms with E-state index in [1.807, 2.05) is 81.0 Å². The van der Waals surface area contributed by atoms with Crippen LogP contribution in [0.2, 0.25) is 0 Å². The highest BCUT2D eigenvalue weighted by molar-refractivity contribution is 5.94. The van der Waals surface area contributed by atoms with Crippen LogP contribution in [0.4, 0.5) is 0 Å². The fraction of sp³-hybridized carbons (Fsp3) is 0.579. The third-order valence-electron chi connectivity index (χ3n) is 4.11. The van der Waals surface area contributed by atoms with E-state index in [0.29, 0.717) is 19.6 Å². The predicted molar refractivity (Wildman–Crippen MR) is 101 cm³/mol. The summed E-state index contributed by atoms with van der Waals surface area (Å²) >= 11 is 0. The van der Waals surface area contributed by atoms with E-state index in [2.05, 4.69) is 4.99 Å². The molecule has 1 aliphatic rings. The van der Waals surface area contributed by atoms with Crippen molar-refractivity contribution in [1.82, 2.24) is 14.7 Å². The Kier molecular flexibility index (Phi) is 6.42. The van der Waals surface area contributed by atoms with E-state index in [9.17, 15) is 4.79 Å². The topological polar surface area (TPSA) is 48.4 Å². The standard InChI is InChI=1S/C19H30N4O2/c1-14-12-23(13-15(2)25-14)18(24)17-9-7-16(8-10-17)11-20-19(21(3)4)22(5)6/h7-10,14-15H,11-13H2,1-6H3. The Labute approximate surface area is 151 Å². The molecule has 1 aromatic rings. The van der Waals surface area contributed by atoms with Crippen molar-refractivity contribution in [2.75, 3.05) is 41.3 Å². The fourth-order valence-corrected chi connectivity index (χ4v) is 3.12. The van der Waals surface area contributed by atoms with Crippen LogP contribution in [-0.4, -0.2) is 80.1 Å². The van der Waals surface area contributed by atoms with E-state index < -0.39 is 0 Å². The zero-order valence-electron chi connectivity index (χ0n) is 16.2. The molecule has 25 heavy (non-hydrogen) atoms. The van der Waals surface area contributed by atoms with Crippen LogP contribution in [0.1, 0.15) is 29.8 Å². The van der Waals surface area contributed by atoms with E-state index >= 15 is 0 Å². The predicted octanol–water partition coefficient (Wildman–Crippen LogP) is 1.92. The van der Waals surface area contributed by atoms with Gasteiger partial charge in [-0.05, 0) is 31.5 Å². The zero-order chi connectivity index (χ0) is 18.6. The first-order valence-corrected chi connectivity index (χ1v) is 8.70. The zero-order valence-corrected chi connectivity index (χ0v) is 16.2. The van der Waals surface area contributed by atoms with E-state index in [4.69, 9.17) is 4.74 Å². The number of aliphatic imine (C=N–C) groups is 1. The molecule has 1 aromatic carbocycles. The van der Waals surface area contributed by atoms with Crippen LogP contribution in [-0.2, 0) is 11.3 Å². The molecule has 1 saturated heterocycles. The number of guanidine groups is 1. The number of nitrogens with zero attached hydrogens (tertiary/aromatic N) is 4. The van der Waals surface area contributed by atoms with Crippen molar-refractivity contribution in [3.05, 3.63) is 35.4 Å². The summed E-state index contributed by atoms with van der Waals surface area (Å²) in [5, 5.41) is 0. The molecule has 0 N–H and O–H groups in total. The summed E-state index contributed by atoms with van der Waals surface area (Å²) in [7, 11) is 7.91. The number of rotatable bonds is 3.